The second-order valence-corrected chi connectivity index (χ2v) is 8.02. The van der Waals surface area contributed by atoms with Gasteiger partial charge in [-0.15, -0.1) is 0 Å². The van der Waals surface area contributed by atoms with Gasteiger partial charge in [0, 0.05) is 17.6 Å². The SMILES string of the molecule is CC(C)CC(CN)NC(=O)C(C)NS(=O)(=O)c1ccc(Cl)cc1. The van der Waals surface area contributed by atoms with Crippen molar-refractivity contribution in [3.05, 3.63) is 29.3 Å². The predicted molar refractivity (Wildman–Crippen MR) is 91.7 cm³/mol. The van der Waals surface area contributed by atoms with Crippen LogP contribution in [0.5, 0.6) is 0 Å². The number of halogens is 1. The number of nitrogens with one attached hydrogen (secondary N) is 2. The van der Waals surface area contributed by atoms with E-state index < -0.39 is 22.0 Å². The maximum Gasteiger partial charge on any atom is 0.241 e. The van der Waals surface area contributed by atoms with Crippen molar-refractivity contribution in [3.8, 4) is 0 Å². The van der Waals surface area contributed by atoms with E-state index in [0.717, 1.165) is 6.42 Å². The molecule has 0 aliphatic heterocycles. The molecular formula is C15H24ClN3O3S. The van der Waals surface area contributed by atoms with Gasteiger partial charge in [0.05, 0.1) is 10.9 Å². The Bertz CT molecular complexity index is 617. The third-order valence-corrected chi connectivity index (χ3v) is 5.04. The van der Waals surface area contributed by atoms with E-state index in [4.69, 9.17) is 17.3 Å². The smallest absolute Gasteiger partial charge is 0.241 e. The zero-order chi connectivity index (χ0) is 17.6. The molecule has 8 heteroatoms. The van der Waals surface area contributed by atoms with Crippen molar-refractivity contribution in [1.29, 1.82) is 0 Å². The molecule has 2 atom stereocenters. The van der Waals surface area contributed by atoms with Crippen molar-refractivity contribution in [2.75, 3.05) is 6.54 Å². The Morgan fingerprint density at radius 1 is 1.22 bits per heavy atom. The van der Waals surface area contributed by atoms with Crippen LogP contribution in [0, 0.1) is 5.92 Å². The number of sulfonamides is 1. The highest BCUT2D eigenvalue weighted by molar-refractivity contribution is 7.89. The number of carbonyl (C=O) groups is 1. The van der Waals surface area contributed by atoms with Crippen molar-refractivity contribution in [1.82, 2.24) is 10.0 Å². The van der Waals surface area contributed by atoms with E-state index in [9.17, 15) is 13.2 Å². The minimum Gasteiger partial charge on any atom is -0.351 e. The van der Waals surface area contributed by atoms with Crippen molar-refractivity contribution in [2.45, 2.75) is 44.2 Å². The molecule has 2 unspecified atom stereocenters. The van der Waals surface area contributed by atoms with Crippen LogP contribution in [-0.2, 0) is 14.8 Å². The molecule has 23 heavy (non-hydrogen) atoms. The van der Waals surface area contributed by atoms with Crippen molar-refractivity contribution in [3.63, 3.8) is 0 Å². The van der Waals surface area contributed by atoms with Crippen molar-refractivity contribution in [2.24, 2.45) is 11.7 Å². The number of hydrogen-bond acceptors (Lipinski definition) is 4. The van der Waals surface area contributed by atoms with E-state index in [0.29, 0.717) is 17.5 Å². The van der Waals surface area contributed by atoms with Crippen LogP contribution in [0.4, 0.5) is 0 Å². The molecule has 0 heterocycles. The lowest BCUT2D eigenvalue weighted by atomic mass is 10.0. The molecule has 0 bridgehead atoms. The molecule has 0 saturated heterocycles. The first-order valence-corrected chi connectivity index (χ1v) is 9.30. The van der Waals surface area contributed by atoms with Gasteiger partial charge in [0.25, 0.3) is 0 Å². The van der Waals surface area contributed by atoms with Gasteiger partial charge in [0.1, 0.15) is 0 Å². The summed E-state index contributed by atoms with van der Waals surface area (Å²) in [7, 11) is -3.79. The van der Waals surface area contributed by atoms with Crippen LogP contribution in [-0.4, -0.2) is 33.0 Å². The molecule has 0 radical (unpaired) electrons. The molecule has 0 fully saturated rings. The van der Waals surface area contributed by atoms with Gasteiger partial charge in [-0.2, -0.15) is 4.72 Å². The summed E-state index contributed by atoms with van der Waals surface area (Å²) < 4.78 is 26.8. The monoisotopic (exact) mass is 361 g/mol. The number of benzene rings is 1. The maximum absolute atomic E-state index is 12.2. The molecule has 6 nitrogen and oxygen atoms in total. The molecule has 0 aliphatic rings. The van der Waals surface area contributed by atoms with Crippen molar-refractivity contribution >= 4 is 27.5 Å². The van der Waals surface area contributed by atoms with Gasteiger partial charge < -0.3 is 11.1 Å². The highest BCUT2D eigenvalue weighted by Crippen LogP contribution is 2.14. The molecule has 0 spiro atoms. The predicted octanol–water partition coefficient (Wildman–Crippen LogP) is 1.50. The van der Waals surface area contributed by atoms with Gasteiger partial charge in [-0.25, -0.2) is 8.42 Å². The van der Waals surface area contributed by atoms with E-state index in [1.165, 1.54) is 31.2 Å². The Kier molecular flexibility index (Phi) is 7.47. The Hall–Kier alpha value is -1.15. The largest absolute Gasteiger partial charge is 0.351 e. The highest BCUT2D eigenvalue weighted by atomic mass is 35.5. The summed E-state index contributed by atoms with van der Waals surface area (Å²) in [5.74, 6) is -0.0245. The summed E-state index contributed by atoms with van der Waals surface area (Å²) in [4.78, 5) is 12.2. The first kappa shape index (κ1) is 19.9. The zero-order valence-electron chi connectivity index (χ0n) is 13.5. The first-order valence-electron chi connectivity index (χ1n) is 7.44. The van der Waals surface area contributed by atoms with Crippen molar-refractivity contribution < 1.29 is 13.2 Å². The van der Waals surface area contributed by atoms with E-state index >= 15 is 0 Å². The van der Waals surface area contributed by atoms with Gasteiger partial charge in [-0.05, 0) is 43.5 Å². The second kappa shape index (κ2) is 8.63. The quantitative estimate of drug-likeness (QED) is 0.653. The Morgan fingerprint density at radius 2 is 1.78 bits per heavy atom. The van der Waals surface area contributed by atoms with Crippen LogP contribution in [0.1, 0.15) is 27.2 Å². The summed E-state index contributed by atoms with van der Waals surface area (Å²) in [5.41, 5.74) is 5.64. The van der Waals surface area contributed by atoms with Crippen LogP contribution < -0.4 is 15.8 Å². The lowest BCUT2D eigenvalue weighted by Crippen LogP contribution is -2.50. The second-order valence-electron chi connectivity index (χ2n) is 5.87. The minimum atomic E-state index is -3.79. The summed E-state index contributed by atoms with van der Waals surface area (Å²) in [5, 5.41) is 3.21. The zero-order valence-corrected chi connectivity index (χ0v) is 15.1. The molecule has 130 valence electrons. The average molecular weight is 362 g/mol. The molecule has 0 aromatic heterocycles. The molecule has 1 amide bonds. The summed E-state index contributed by atoms with van der Waals surface area (Å²) >= 11 is 5.74. The number of nitrogens with two attached hydrogens (primary N) is 1. The molecule has 1 aromatic carbocycles. The van der Waals surface area contributed by atoms with Crippen LogP contribution in [0.3, 0.4) is 0 Å². The van der Waals surface area contributed by atoms with Gasteiger partial charge in [0.2, 0.25) is 15.9 Å². The van der Waals surface area contributed by atoms with Gasteiger partial charge in [-0.3, -0.25) is 4.79 Å². The average Bonchev–Trinajstić information content (AvgIpc) is 2.45. The van der Waals surface area contributed by atoms with Crippen LogP contribution >= 0.6 is 11.6 Å². The van der Waals surface area contributed by atoms with Gasteiger partial charge in [0.15, 0.2) is 0 Å². The summed E-state index contributed by atoms with van der Waals surface area (Å²) in [6.07, 6.45) is 0.735. The Balaban J connectivity index is 2.71. The Labute approximate surface area is 142 Å². The number of amides is 1. The van der Waals surface area contributed by atoms with E-state index in [-0.39, 0.29) is 10.9 Å². The van der Waals surface area contributed by atoms with E-state index in [1.54, 1.807) is 0 Å². The van der Waals surface area contributed by atoms with Gasteiger partial charge in [-0.1, -0.05) is 25.4 Å². The molecule has 1 aromatic rings. The normalized spacial score (nSPS) is 14.5. The third-order valence-electron chi connectivity index (χ3n) is 3.24. The topological polar surface area (TPSA) is 101 Å². The molecule has 4 N–H and O–H groups in total. The number of hydrogen-bond donors (Lipinski definition) is 3. The van der Waals surface area contributed by atoms with Gasteiger partial charge >= 0.3 is 0 Å². The van der Waals surface area contributed by atoms with E-state index in [1.807, 2.05) is 13.8 Å². The third kappa shape index (κ3) is 6.47. The maximum atomic E-state index is 12.2. The molecule has 1 rings (SSSR count). The highest BCUT2D eigenvalue weighted by Gasteiger charge is 2.23. The fourth-order valence-corrected chi connectivity index (χ4v) is 3.41. The minimum absolute atomic E-state index is 0.0547. The molecule has 0 saturated carbocycles. The number of rotatable bonds is 8. The fraction of sp³-hybridized carbons (Fsp3) is 0.533. The Morgan fingerprint density at radius 3 is 2.26 bits per heavy atom. The standard InChI is InChI=1S/C15H24ClN3O3S/c1-10(2)8-13(9-17)18-15(20)11(3)19-23(21,22)14-6-4-12(16)5-7-14/h4-7,10-11,13,19H,8-9,17H2,1-3H3,(H,18,20). The molecular weight excluding hydrogens is 338 g/mol. The summed E-state index contributed by atoms with van der Waals surface area (Å²) in [6, 6.07) is 4.65. The lowest BCUT2D eigenvalue weighted by Gasteiger charge is -2.21. The number of carbonyl (C=O) groups excluding carboxylic acids is 1. The molecule has 0 aliphatic carbocycles. The van der Waals surface area contributed by atoms with Crippen LogP contribution in [0.15, 0.2) is 29.2 Å². The van der Waals surface area contributed by atoms with Crippen LogP contribution in [0.2, 0.25) is 5.02 Å². The van der Waals surface area contributed by atoms with Crippen LogP contribution in [0.25, 0.3) is 0 Å². The lowest BCUT2D eigenvalue weighted by molar-refractivity contribution is -0.123. The fourth-order valence-electron chi connectivity index (χ4n) is 2.08. The first-order chi connectivity index (χ1) is 10.7. The summed E-state index contributed by atoms with van der Waals surface area (Å²) in [6.45, 7) is 5.86. The van der Waals surface area contributed by atoms with E-state index in [2.05, 4.69) is 10.0 Å².